The third-order valence-electron chi connectivity index (χ3n) is 3.55. The highest BCUT2D eigenvalue weighted by atomic mass is 19.4. The first kappa shape index (κ1) is 18.2. The summed E-state index contributed by atoms with van der Waals surface area (Å²) < 4.78 is 41.5. The number of piperazine rings is 1. The minimum Gasteiger partial charge on any atom is -0.380 e. The van der Waals surface area contributed by atoms with Crippen LogP contribution in [0, 0.1) is 0 Å². The topological polar surface area (TPSA) is 44.8 Å². The van der Waals surface area contributed by atoms with Gasteiger partial charge in [-0.1, -0.05) is 0 Å². The smallest absolute Gasteiger partial charge is 0.380 e. The van der Waals surface area contributed by atoms with Gasteiger partial charge in [0, 0.05) is 39.3 Å². The molecule has 1 aliphatic rings. The van der Waals surface area contributed by atoms with Crippen LogP contribution in [-0.2, 0) is 9.53 Å². The molecule has 0 radical (unpaired) electrons. The summed E-state index contributed by atoms with van der Waals surface area (Å²) in [5.74, 6) is -0.574. The number of amides is 1. The average molecular weight is 311 g/mol. The van der Waals surface area contributed by atoms with E-state index in [0.29, 0.717) is 26.3 Å². The first-order valence-corrected chi connectivity index (χ1v) is 7.22. The maximum absolute atomic E-state index is 12.1. The van der Waals surface area contributed by atoms with E-state index < -0.39 is 24.7 Å². The summed E-state index contributed by atoms with van der Waals surface area (Å²) in [6.07, 6.45) is -4.37. The molecule has 0 aromatic heterocycles. The van der Waals surface area contributed by atoms with Crippen LogP contribution in [0.3, 0.4) is 0 Å². The number of nitrogens with zero attached hydrogens (tertiary/aromatic N) is 2. The fourth-order valence-electron chi connectivity index (χ4n) is 2.21. The number of rotatable bonds is 7. The Hall–Kier alpha value is -0.860. The summed E-state index contributed by atoms with van der Waals surface area (Å²) in [5.41, 5.74) is 0. The third-order valence-corrected chi connectivity index (χ3v) is 3.55. The van der Waals surface area contributed by atoms with Crippen molar-refractivity contribution >= 4 is 5.91 Å². The zero-order valence-corrected chi connectivity index (χ0v) is 12.6. The highest BCUT2D eigenvalue weighted by Crippen LogP contribution is 2.13. The van der Waals surface area contributed by atoms with Crippen molar-refractivity contribution in [1.82, 2.24) is 15.1 Å². The lowest BCUT2D eigenvalue weighted by molar-refractivity contribution is -0.141. The molecule has 1 fully saturated rings. The van der Waals surface area contributed by atoms with E-state index in [1.54, 1.807) is 6.92 Å². The number of carbonyl (C=O) groups excluding carboxylic acids is 1. The van der Waals surface area contributed by atoms with Gasteiger partial charge < -0.3 is 10.1 Å². The molecule has 0 saturated carbocycles. The van der Waals surface area contributed by atoms with E-state index in [0.717, 1.165) is 19.6 Å². The van der Waals surface area contributed by atoms with E-state index in [1.165, 1.54) is 0 Å². The van der Waals surface area contributed by atoms with E-state index in [2.05, 4.69) is 4.90 Å². The maximum Gasteiger partial charge on any atom is 0.405 e. The average Bonchev–Trinajstić information content (AvgIpc) is 2.44. The van der Waals surface area contributed by atoms with Crippen LogP contribution < -0.4 is 5.32 Å². The molecule has 1 heterocycles. The predicted octanol–water partition coefficient (Wildman–Crippen LogP) is 0.708. The van der Waals surface area contributed by atoms with Gasteiger partial charge in [0.15, 0.2) is 0 Å². The van der Waals surface area contributed by atoms with Crippen LogP contribution in [0.2, 0.25) is 0 Å². The minimum absolute atomic E-state index is 0.540. The van der Waals surface area contributed by atoms with Gasteiger partial charge in [-0.05, 0) is 13.8 Å². The molecule has 124 valence electrons. The fraction of sp³-hybridized carbons (Fsp3) is 0.923. The van der Waals surface area contributed by atoms with Crippen LogP contribution in [-0.4, -0.2) is 80.4 Å². The van der Waals surface area contributed by atoms with Crippen molar-refractivity contribution in [2.45, 2.75) is 26.1 Å². The molecule has 1 aliphatic heterocycles. The van der Waals surface area contributed by atoms with Crippen LogP contribution in [0.5, 0.6) is 0 Å². The van der Waals surface area contributed by atoms with Gasteiger partial charge in [-0.3, -0.25) is 14.6 Å². The Labute approximate surface area is 123 Å². The van der Waals surface area contributed by atoms with E-state index in [9.17, 15) is 18.0 Å². The molecule has 1 saturated heterocycles. The molecule has 0 spiro atoms. The van der Waals surface area contributed by atoms with Crippen molar-refractivity contribution in [2.24, 2.45) is 0 Å². The van der Waals surface area contributed by atoms with Gasteiger partial charge in [0.25, 0.3) is 0 Å². The van der Waals surface area contributed by atoms with Gasteiger partial charge in [-0.15, -0.1) is 0 Å². The maximum atomic E-state index is 12.1. The van der Waals surface area contributed by atoms with Crippen molar-refractivity contribution in [2.75, 3.05) is 52.5 Å². The first-order valence-electron chi connectivity index (χ1n) is 7.22. The second-order valence-electron chi connectivity index (χ2n) is 5.08. The first-order chi connectivity index (χ1) is 9.83. The molecule has 5 nitrogen and oxygen atoms in total. The molecule has 0 bridgehead atoms. The number of carbonyl (C=O) groups is 1. The Morgan fingerprint density at radius 2 is 1.90 bits per heavy atom. The molecule has 0 aliphatic carbocycles. The SMILES string of the molecule is CCOCCN1CCN(C(C)C(=O)NCC(F)(F)F)CC1. The second-order valence-corrected chi connectivity index (χ2v) is 5.08. The number of nitrogens with one attached hydrogen (secondary N) is 1. The Morgan fingerprint density at radius 3 is 2.43 bits per heavy atom. The van der Waals surface area contributed by atoms with Gasteiger partial charge in [0.2, 0.25) is 5.91 Å². The van der Waals surface area contributed by atoms with Gasteiger partial charge >= 0.3 is 6.18 Å². The molecule has 1 N–H and O–H groups in total. The zero-order chi connectivity index (χ0) is 15.9. The molecule has 1 unspecified atom stereocenters. The van der Waals surface area contributed by atoms with Crippen molar-refractivity contribution in [1.29, 1.82) is 0 Å². The number of ether oxygens (including phenoxy) is 1. The number of halogens is 3. The molecule has 1 atom stereocenters. The lowest BCUT2D eigenvalue weighted by Gasteiger charge is -2.37. The van der Waals surface area contributed by atoms with E-state index in [4.69, 9.17) is 4.74 Å². The van der Waals surface area contributed by atoms with Crippen molar-refractivity contribution < 1.29 is 22.7 Å². The standard InChI is InChI=1S/C13H24F3N3O2/c1-3-21-9-8-18-4-6-19(7-5-18)11(2)12(20)17-10-13(14,15)16/h11H,3-10H2,1-2H3,(H,17,20). The lowest BCUT2D eigenvalue weighted by Crippen LogP contribution is -2.54. The number of hydrogen-bond acceptors (Lipinski definition) is 4. The van der Waals surface area contributed by atoms with Gasteiger partial charge in [0.05, 0.1) is 12.6 Å². The number of alkyl halides is 3. The zero-order valence-electron chi connectivity index (χ0n) is 12.6. The van der Waals surface area contributed by atoms with Crippen LogP contribution in [0.25, 0.3) is 0 Å². The Balaban J connectivity index is 2.27. The summed E-state index contributed by atoms with van der Waals surface area (Å²) in [5, 5.41) is 1.93. The quantitative estimate of drug-likeness (QED) is 0.703. The van der Waals surface area contributed by atoms with Crippen molar-refractivity contribution in [3.8, 4) is 0 Å². The lowest BCUT2D eigenvalue weighted by atomic mass is 10.2. The highest BCUT2D eigenvalue weighted by molar-refractivity contribution is 5.81. The van der Waals surface area contributed by atoms with Gasteiger partial charge in [0.1, 0.15) is 6.54 Å². The van der Waals surface area contributed by atoms with Crippen LogP contribution in [0.4, 0.5) is 13.2 Å². The van der Waals surface area contributed by atoms with E-state index >= 15 is 0 Å². The summed E-state index contributed by atoms with van der Waals surface area (Å²) in [4.78, 5) is 15.8. The summed E-state index contributed by atoms with van der Waals surface area (Å²) >= 11 is 0. The molecule has 1 rings (SSSR count). The summed E-state index contributed by atoms with van der Waals surface area (Å²) in [6, 6.07) is -0.540. The Kier molecular flexibility index (Phi) is 7.41. The molecule has 1 amide bonds. The molecule has 0 aromatic rings. The van der Waals surface area contributed by atoms with Crippen molar-refractivity contribution in [3.63, 3.8) is 0 Å². The summed E-state index contributed by atoms with van der Waals surface area (Å²) in [7, 11) is 0. The normalized spacial score (nSPS) is 19.5. The third kappa shape index (κ3) is 7.10. The van der Waals surface area contributed by atoms with E-state index in [-0.39, 0.29) is 0 Å². The highest BCUT2D eigenvalue weighted by Gasteiger charge is 2.30. The molecule has 21 heavy (non-hydrogen) atoms. The van der Waals surface area contributed by atoms with Crippen LogP contribution in [0.1, 0.15) is 13.8 Å². The monoisotopic (exact) mass is 311 g/mol. The molecular formula is C13H24F3N3O2. The van der Waals surface area contributed by atoms with E-state index in [1.807, 2.05) is 17.1 Å². The minimum atomic E-state index is -4.37. The molecular weight excluding hydrogens is 287 g/mol. The molecule has 8 heteroatoms. The Morgan fingerprint density at radius 1 is 1.29 bits per heavy atom. The van der Waals surface area contributed by atoms with Gasteiger partial charge in [-0.25, -0.2) is 0 Å². The Bertz CT molecular complexity index is 318. The van der Waals surface area contributed by atoms with Crippen LogP contribution >= 0.6 is 0 Å². The molecule has 0 aromatic carbocycles. The largest absolute Gasteiger partial charge is 0.405 e. The second kappa shape index (κ2) is 8.55. The number of hydrogen-bond donors (Lipinski definition) is 1. The fourth-order valence-corrected chi connectivity index (χ4v) is 2.21. The summed E-state index contributed by atoms with van der Waals surface area (Å²) in [6.45, 7) is 7.46. The van der Waals surface area contributed by atoms with Crippen LogP contribution in [0.15, 0.2) is 0 Å². The van der Waals surface area contributed by atoms with Crippen molar-refractivity contribution in [3.05, 3.63) is 0 Å². The predicted molar refractivity (Wildman–Crippen MR) is 73.0 cm³/mol. The van der Waals surface area contributed by atoms with Gasteiger partial charge in [-0.2, -0.15) is 13.2 Å².